The Morgan fingerprint density at radius 1 is 1.29 bits per heavy atom. The van der Waals surface area contributed by atoms with Crippen LogP contribution < -0.4 is 5.32 Å². The third-order valence-corrected chi connectivity index (χ3v) is 4.70. The predicted octanol–water partition coefficient (Wildman–Crippen LogP) is 4.10. The Bertz CT molecular complexity index is 603. The highest BCUT2D eigenvalue weighted by molar-refractivity contribution is 7.99. The Labute approximate surface area is 130 Å². The summed E-state index contributed by atoms with van der Waals surface area (Å²) in [6.45, 7) is 4.86. The number of hydrogen-bond donors (Lipinski definition) is 1. The maximum absolute atomic E-state index is 9.81. The minimum absolute atomic E-state index is 0.647. The number of furan rings is 1. The van der Waals surface area contributed by atoms with Gasteiger partial charge < -0.3 is 4.42 Å². The quantitative estimate of drug-likeness (QED) is 0.782. The van der Waals surface area contributed by atoms with Gasteiger partial charge in [-0.3, -0.25) is 5.32 Å². The molecule has 2 aromatic rings. The molecule has 0 aliphatic heterocycles. The second kappa shape index (κ2) is 7.35. The van der Waals surface area contributed by atoms with Crippen LogP contribution in [-0.4, -0.2) is 12.3 Å². The highest BCUT2D eigenvalue weighted by Crippen LogP contribution is 2.31. The summed E-state index contributed by atoms with van der Waals surface area (Å²) in [6, 6.07) is 14.4. The van der Waals surface area contributed by atoms with Gasteiger partial charge in [-0.05, 0) is 31.5 Å². The molecule has 1 unspecified atom stereocenters. The van der Waals surface area contributed by atoms with Crippen molar-refractivity contribution in [3.05, 3.63) is 54.0 Å². The summed E-state index contributed by atoms with van der Waals surface area (Å²) >= 11 is 1.65. The van der Waals surface area contributed by atoms with Gasteiger partial charge in [0, 0.05) is 10.6 Å². The molecule has 0 saturated carbocycles. The Hall–Kier alpha value is -1.70. The van der Waals surface area contributed by atoms with Gasteiger partial charge in [0.2, 0.25) is 0 Å². The van der Waals surface area contributed by atoms with Crippen LogP contribution in [0, 0.1) is 18.3 Å². The van der Waals surface area contributed by atoms with Crippen LogP contribution in [0.4, 0.5) is 0 Å². The largest absolute Gasteiger partial charge is 0.468 e. The first kappa shape index (κ1) is 15.7. The number of hydrogen-bond acceptors (Lipinski definition) is 4. The summed E-state index contributed by atoms with van der Waals surface area (Å²) < 4.78 is 5.33. The Morgan fingerprint density at radius 3 is 2.62 bits per heavy atom. The van der Waals surface area contributed by atoms with E-state index in [9.17, 15) is 5.26 Å². The third-order valence-electron chi connectivity index (χ3n) is 3.39. The van der Waals surface area contributed by atoms with E-state index in [2.05, 4.69) is 18.3 Å². The lowest BCUT2D eigenvalue weighted by molar-refractivity contribution is 0.473. The summed E-state index contributed by atoms with van der Waals surface area (Å²) in [5.74, 6) is 1.55. The molecule has 0 radical (unpaired) electrons. The topological polar surface area (TPSA) is 49.0 Å². The lowest BCUT2D eigenvalue weighted by Gasteiger charge is -2.28. The molecule has 0 fully saturated rings. The fraction of sp³-hybridized carbons (Fsp3) is 0.353. The van der Waals surface area contributed by atoms with Crippen molar-refractivity contribution in [3.63, 3.8) is 0 Å². The molecule has 110 valence electrons. The summed E-state index contributed by atoms with van der Waals surface area (Å²) in [7, 11) is 0. The monoisotopic (exact) mass is 300 g/mol. The van der Waals surface area contributed by atoms with Crippen molar-refractivity contribution in [2.75, 3.05) is 12.3 Å². The van der Waals surface area contributed by atoms with Crippen molar-refractivity contribution in [3.8, 4) is 6.07 Å². The van der Waals surface area contributed by atoms with Crippen LogP contribution >= 0.6 is 11.8 Å². The average molecular weight is 300 g/mol. The van der Waals surface area contributed by atoms with Gasteiger partial charge in [0.25, 0.3) is 0 Å². The molecule has 4 heteroatoms. The van der Waals surface area contributed by atoms with Crippen LogP contribution in [0.15, 0.2) is 52.0 Å². The van der Waals surface area contributed by atoms with Crippen molar-refractivity contribution in [1.82, 2.24) is 5.32 Å². The molecule has 3 nitrogen and oxygen atoms in total. The molecule has 1 heterocycles. The highest BCUT2D eigenvalue weighted by Gasteiger charge is 2.32. The van der Waals surface area contributed by atoms with E-state index in [1.165, 1.54) is 0 Å². The second-order valence-electron chi connectivity index (χ2n) is 4.94. The SMILES string of the molecule is CCCNC(C#N)(CSc1ccoc1C)c1ccccc1. The Balaban J connectivity index is 2.23. The lowest BCUT2D eigenvalue weighted by atomic mass is 9.93. The van der Waals surface area contributed by atoms with E-state index >= 15 is 0 Å². The molecule has 1 atom stereocenters. The fourth-order valence-corrected chi connectivity index (χ4v) is 3.25. The highest BCUT2D eigenvalue weighted by atomic mass is 32.2. The van der Waals surface area contributed by atoms with E-state index in [1.807, 2.05) is 43.3 Å². The standard InChI is InChI=1S/C17H20N2OS/c1-3-10-19-17(12-18,15-7-5-4-6-8-15)13-21-16-9-11-20-14(16)2/h4-9,11,19H,3,10,13H2,1-2H3. The number of rotatable bonds is 7. The van der Waals surface area contributed by atoms with Crippen molar-refractivity contribution in [2.24, 2.45) is 0 Å². The number of nitrogens with one attached hydrogen (secondary N) is 1. The molecular weight excluding hydrogens is 280 g/mol. The maximum atomic E-state index is 9.81. The number of nitriles is 1. The molecule has 1 aromatic heterocycles. The van der Waals surface area contributed by atoms with Crippen LogP contribution in [-0.2, 0) is 5.54 Å². The molecular formula is C17H20N2OS. The van der Waals surface area contributed by atoms with Crippen LogP contribution in [0.5, 0.6) is 0 Å². The summed E-state index contributed by atoms with van der Waals surface area (Å²) in [4.78, 5) is 1.09. The van der Waals surface area contributed by atoms with Crippen molar-refractivity contribution >= 4 is 11.8 Å². The van der Waals surface area contributed by atoms with Gasteiger partial charge in [0.1, 0.15) is 11.3 Å². The molecule has 0 amide bonds. The van der Waals surface area contributed by atoms with Gasteiger partial charge in [-0.25, -0.2) is 0 Å². The molecule has 1 N–H and O–H groups in total. The maximum Gasteiger partial charge on any atom is 0.141 e. The first-order valence-electron chi connectivity index (χ1n) is 7.10. The van der Waals surface area contributed by atoms with E-state index in [0.717, 1.165) is 29.2 Å². The molecule has 0 aliphatic rings. The van der Waals surface area contributed by atoms with Gasteiger partial charge in [-0.15, -0.1) is 11.8 Å². The zero-order valence-electron chi connectivity index (χ0n) is 12.4. The number of thioether (sulfide) groups is 1. The molecule has 0 aliphatic carbocycles. The van der Waals surface area contributed by atoms with Gasteiger partial charge in [-0.1, -0.05) is 37.3 Å². The van der Waals surface area contributed by atoms with Gasteiger partial charge in [-0.2, -0.15) is 5.26 Å². The van der Waals surface area contributed by atoms with Crippen molar-refractivity contribution < 1.29 is 4.42 Å². The smallest absolute Gasteiger partial charge is 0.141 e. The summed E-state index contributed by atoms with van der Waals surface area (Å²) in [6.07, 6.45) is 2.68. The van der Waals surface area contributed by atoms with E-state index < -0.39 is 5.54 Å². The van der Waals surface area contributed by atoms with Crippen LogP contribution in [0.3, 0.4) is 0 Å². The van der Waals surface area contributed by atoms with Crippen LogP contribution in [0.2, 0.25) is 0 Å². The normalized spacial score (nSPS) is 13.6. The summed E-state index contributed by atoms with van der Waals surface area (Å²) in [5.41, 5.74) is 0.334. The Morgan fingerprint density at radius 2 is 2.05 bits per heavy atom. The first-order chi connectivity index (χ1) is 10.2. The van der Waals surface area contributed by atoms with Crippen LogP contribution in [0.1, 0.15) is 24.7 Å². The third kappa shape index (κ3) is 3.69. The number of aryl methyl sites for hydroxylation is 1. The molecule has 2 rings (SSSR count). The van der Waals surface area contributed by atoms with Gasteiger partial charge in [0.05, 0.1) is 12.3 Å². The molecule has 1 aromatic carbocycles. The van der Waals surface area contributed by atoms with Crippen LogP contribution in [0.25, 0.3) is 0 Å². The molecule has 0 spiro atoms. The molecule has 0 saturated heterocycles. The fourth-order valence-electron chi connectivity index (χ4n) is 2.14. The lowest BCUT2D eigenvalue weighted by Crippen LogP contribution is -2.43. The first-order valence-corrected chi connectivity index (χ1v) is 8.09. The van der Waals surface area contributed by atoms with E-state index in [1.54, 1.807) is 18.0 Å². The zero-order chi connectivity index (χ0) is 15.1. The average Bonchev–Trinajstić information content (AvgIpc) is 2.94. The van der Waals surface area contributed by atoms with Gasteiger partial charge in [0.15, 0.2) is 0 Å². The summed E-state index contributed by atoms with van der Waals surface area (Å²) in [5, 5.41) is 13.2. The van der Waals surface area contributed by atoms with E-state index in [-0.39, 0.29) is 0 Å². The number of nitrogens with zero attached hydrogens (tertiary/aromatic N) is 1. The van der Waals surface area contributed by atoms with Gasteiger partial charge >= 0.3 is 0 Å². The second-order valence-corrected chi connectivity index (χ2v) is 5.96. The van der Waals surface area contributed by atoms with Crippen molar-refractivity contribution in [2.45, 2.75) is 30.7 Å². The molecule has 21 heavy (non-hydrogen) atoms. The minimum Gasteiger partial charge on any atom is -0.468 e. The van der Waals surface area contributed by atoms with E-state index in [0.29, 0.717) is 5.75 Å². The Kier molecular flexibility index (Phi) is 5.49. The minimum atomic E-state index is -0.675. The van der Waals surface area contributed by atoms with E-state index in [4.69, 9.17) is 4.42 Å². The predicted molar refractivity (Wildman–Crippen MR) is 86.2 cm³/mol. The number of benzene rings is 1. The van der Waals surface area contributed by atoms with Crippen molar-refractivity contribution in [1.29, 1.82) is 5.26 Å². The zero-order valence-corrected chi connectivity index (χ0v) is 13.2. The molecule has 0 bridgehead atoms.